The molecule has 0 spiro atoms. The summed E-state index contributed by atoms with van der Waals surface area (Å²) in [6.07, 6.45) is 1.58. The van der Waals surface area contributed by atoms with Crippen molar-refractivity contribution in [1.82, 2.24) is 19.7 Å². The molecule has 1 heterocycles. The van der Waals surface area contributed by atoms with Crippen LogP contribution in [0.15, 0.2) is 65.8 Å². The Kier molecular flexibility index (Phi) is 4.59. The van der Waals surface area contributed by atoms with Gasteiger partial charge in [0, 0.05) is 6.54 Å². The van der Waals surface area contributed by atoms with Crippen LogP contribution in [0.4, 0.5) is 0 Å². The van der Waals surface area contributed by atoms with Gasteiger partial charge in [-0.05, 0) is 30.2 Å². The maximum atomic E-state index is 12.5. The Morgan fingerprint density at radius 2 is 1.75 bits per heavy atom. The molecule has 0 saturated heterocycles. The second-order valence-corrected chi connectivity index (χ2v) is 6.81. The van der Waals surface area contributed by atoms with E-state index in [1.807, 2.05) is 6.07 Å². The van der Waals surface area contributed by atoms with Crippen molar-refractivity contribution in [3.05, 3.63) is 66.4 Å². The lowest BCUT2D eigenvalue weighted by molar-refractivity contribution is 0.467. The number of aromatic nitrogens is 3. The first kappa shape index (κ1) is 16.2. The largest absolute Gasteiger partial charge is 0.508 e. The van der Waals surface area contributed by atoms with Gasteiger partial charge in [-0.2, -0.15) is 0 Å². The number of aromatic hydroxyl groups is 1. The molecule has 0 atom stereocenters. The Hall–Kier alpha value is -2.71. The molecule has 0 radical (unpaired) electrons. The molecule has 0 aliphatic heterocycles. The molecule has 0 unspecified atom stereocenters. The molecule has 2 aromatic carbocycles. The summed E-state index contributed by atoms with van der Waals surface area (Å²) in [6, 6.07) is 15.7. The number of nitrogens with zero attached hydrogens (tertiary/aromatic N) is 3. The van der Waals surface area contributed by atoms with Crippen LogP contribution in [0.5, 0.6) is 5.75 Å². The highest BCUT2D eigenvalue weighted by Gasteiger charge is 2.21. The highest BCUT2D eigenvalue weighted by molar-refractivity contribution is 7.89. The Morgan fingerprint density at radius 3 is 2.50 bits per heavy atom. The number of rotatable bonds is 6. The Bertz CT molecular complexity index is 923. The number of hydrogen-bond donors (Lipinski definition) is 2. The number of phenolic OH excluding ortho intramolecular Hbond substituents is 1. The monoisotopic (exact) mass is 344 g/mol. The fourth-order valence-corrected chi connectivity index (χ4v) is 3.35. The number of phenols is 1. The fraction of sp³-hybridized carbons (Fsp3) is 0.125. The van der Waals surface area contributed by atoms with Gasteiger partial charge in [-0.25, -0.2) is 17.8 Å². The van der Waals surface area contributed by atoms with Crippen LogP contribution in [-0.4, -0.2) is 35.1 Å². The molecule has 0 saturated carbocycles. The van der Waals surface area contributed by atoms with E-state index in [2.05, 4.69) is 15.0 Å². The summed E-state index contributed by atoms with van der Waals surface area (Å²) in [7, 11) is -3.77. The van der Waals surface area contributed by atoms with Gasteiger partial charge in [0.2, 0.25) is 0 Å². The van der Waals surface area contributed by atoms with Gasteiger partial charge < -0.3 is 5.11 Å². The number of sulfonamides is 1. The van der Waals surface area contributed by atoms with E-state index >= 15 is 0 Å². The van der Waals surface area contributed by atoms with Crippen LogP contribution in [0.2, 0.25) is 0 Å². The third-order valence-corrected chi connectivity index (χ3v) is 4.89. The average molecular weight is 344 g/mol. The van der Waals surface area contributed by atoms with Crippen LogP contribution < -0.4 is 4.72 Å². The molecular formula is C16H16N4O3S. The number of benzene rings is 2. The normalized spacial score (nSPS) is 11.5. The van der Waals surface area contributed by atoms with Gasteiger partial charge in [0.15, 0.2) is 5.03 Å². The van der Waals surface area contributed by atoms with E-state index < -0.39 is 10.0 Å². The van der Waals surface area contributed by atoms with Crippen molar-refractivity contribution in [1.29, 1.82) is 0 Å². The topological polar surface area (TPSA) is 97.1 Å². The zero-order chi connectivity index (χ0) is 17.0. The van der Waals surface area contributed by atoms with E-state index in [-0.39, 0.29) is 17.3 Å². The summed E-state index contributed by atoms with van der Waals surface area (Å²) in [5.74, 6) is 0.146. The van der Waals surface area contributed by atoms with Gasteiger partial charge in [-0.3, -0.25) is 0 Å². The second kappa shape index (κ2) is 6.81. The minimum atomic E-state index is -3.77. The van der Waals surface area contributed by atoms with E-state index in [0.717, 1.165) is 0 Å². The van der Waals surface area contributed by atoms with Crippen molar-refractivity contribution >= 4 is 10.0 Å². The first-order chi connectivity index (χ1) is 11.6. The third kappa shape index (κ3) is 3.44. The van der Waals surface area contributed by atoms with Crippen molar-refractivity contribution in [3.8, 4) is 11.4 Å². The van der Waals surface area contributed by atoms with Crippen LogP contribution in [0, 0.1) is 0 Å². The molecule has 3 aromatic rings. The minimum Gasteiger partial charge on any atom is -0.508 e. The predicted molar refractivity (Wildman–Crippen MR) is 88.4 cm³/mol. The van der Waals surface area contributed by atoms with E-state index in [1.54, 1.807) is 48.5 Å². The molecule has 24 heavy (non-hydrogen) atoms. The van der Waals surface area contributed by atoms with Crippen LogP contribution in [0.1, 0.15) is 5.56 Å². The zero-order valence-electron chi connectivity index (χ0n) is 12.7. The van der Waals surface area contributed by atoms with Crippen LogP contribution in [-0.2, 0) is 16.4 Å². The molecule has 0 aliphatic carbocycles. The molecule has 0 aliphatic rings. The molecule has 2 N–H and O–H groups in total. The lowest BCUT2D eigenvalue weighted by atomic mass is 10.1. The smallest absolute Gasteiger partial charge is 0.259 e. The Morgan fingerprint density at radius 1 is 1.04 bits per heavy atom. The average Bonchev–Trinajstić information content (AvgIpc) is 3.08. The van der Waals surface area contributed by atoms with Gasteiger partial charge in [0.25, 0.3) is 10.0 Å². The summed E-state index contributed by atoms with van der Waals surface area (Å²) in [5, 5.41) is 17.2. The Labute approximate surface area is 139 Å². The maximum Gasteiger partial charge on any atom is 0.259 e. The molecule has 1 aromatic heterocycles. The molecule has 3 rings (SSSR count). The SMILES string of the molecule is O=S(=O)(NCCc1ccccc1O)c1cnnn1-c1ccccc1. The lowest BCUT2D eigenvalue weighted by Gasteiger charge is -2.09. The first-order valence-corrected chi connectivity index (χ1v) is 8.79. The fourth-order valence-electron chi connectivity index (χ4n) is 2.27. The van der Waals surface area contributed by atoms with Crippen molar-refractivity contribution in [2.45, 2.75) is 11.4 Å². The van der Waals surface area contributed by atoms with Crippen LogP contribution in [0.3, 0.4) is 0 Å². The molecular weight excluding hydrogens is 328 g/mol. The quantitative estimate of drug-likeness (QED) is 0.706. The Balaban J connectivity index is 1.75. The standard InChI is InChI=1S/C16H16N4O3S/c21-15-9-5-4-6-13(15)10-11-18-24(22,23)16-12-17-19-20(16)14-7-2-1-3-8-14/h1-9,12,18,21H,10-11H2. The van der Waals surface area contributed by atoms with E-state index in [9.17, 15) is 13.5 Å². The maximum absolute atomic E-state index is 12.5. The number of para-hydroxylation sites is 2. The molecule has 0 fully saturated rings. The summed E-state index contributed by atoms with van der Waals surface area (Å²) < 4.78 is 28.7. The number of hydrogen-bond acceptors (Lipinski definition) is 5. The van der Waals surface area contributed by atoms with Crippen molar-refractivity contribution in [2.75, 3.05) is 6.54 Å². The highest BCUT2D eigenvalue weighted by Crippen LogP contribution is 2.16. The lowest BCUT2D eigenvalue weighted by Crippen LogP contribution is -2.28. The molecule has 0 bridgehead atoms. The van der Waals surface area contributed by atoms with Gasteiger partial charge in [-0.1, -0.05) is 41.6 Å². The van der Waals surface area contributed by atoms with Gasteiger partial charge in [-0.15, -0.1) is 5.10 Å². The highest BCUT2D eigenvalue weighted by atomic mass is 32.2. The summed E-state index contributed by atoms with van der Waals surface area (Å²) in [5.41, 5.74) is 1.28. The number of nitrogens with one attached hydrogen (secondary N) is 1. The molecule has 0 amide bonds. The van der Waals surface area contributed by atoms with Gasteiger partial charge >= 0.3 is 0 Å². The van der Waals surface area contributed by atoms with Crippen molar-refractivity contribution < 1.29 is 13.5 Å². The van der Waals surface area contributed by atoms with Gasteiger partial charge in [0.1, 0.15) is 5.75 Å². The second-order valence-electron chi connectivity index (χ2n) is 5.10. The molecule has 124 valence electrons. The summed E-state index contributed by atoms with van der Waals surface area (Å²) >= 11 is 0. The van der Waals surface area contributed by atoms with Crippen LogP contribution in [0.25, 0.3) is 5.69 Å². The zero-order valence-corrected chi connectivity index (χ0v) is 13.5. The van der Waals surface area contributed by atoms with Crippen molar-refractivity contribution in [3.63, 3.8) is 0 Å². The van der Waals surface area contributed by atoms with Crippen molar-refractivity contribution in [2.24, 2.45) is 0 Å². The van der Waals surface area contributed by atoms with E-state index in [4.69, 9.17) is 0 Å². The van der Waals surface area contributed by atoms with Crippen LogP contribution >= 0.6 is 0 Å². The van der Waals surface area contributed by atoms with E-state index in [0.29, 0.717) is 17.7 Å². The molecule has 7 nitrogen and oxygen atoms in total. The molecule has 8 heteroatoms. The first-order valence-electron chi connectivity index (χ1n) is 7.30. The minimum absolute atomic E-state index is 0.0361. The van der Waals surface area contributed by atoms with Gasteiger partial charge in [0.05, 0.1) is 11.9 Å². The third-order valence-electron chi connectivity index (χ3n) is 3.47. The predicted octanol–water partition coefficient (Wildman–Crippen LogP) is 1.49. The summed E-state index contributed by atoms with van der Waals surface area (Å²) in [4.78, 5) is 0. The van der Waals surface area contributed by atoms with E-state index in [1.165, 1.54) is 10.9 Å². The summed E-state index contributed by atoms with van der Waals surface area (Å²) in [6.45, 7) is 0.153.